The third-order valence-electron chi connectivity index (χ3n) is 4.78. The SMILES string of the molecule is Cc1ccccc1C(=O)NCc1ccc2c(c1)C(C)(C)C(=O)N2C. The molecule has 0 aromatic heterocycles. The predicted molar refractivity (Wildman–Crippen MR) is 95.2 cm³/mol. The van der Waals surface area contributed by atoms with Gasteiger partial charge >= 0.3 is 0 Å². The van der Waals surface area contributed by atoms with Gasteiger partial charge < -0.3 is 10.2 Å². The van der Waals surface area contributed by atoms with Crippen LogP contribution in [0.15, 0.2) is 42.5 Å². The van der Waals surface area contributed by atoms with Gasteiger partial charge in [-0.1, -0.05) is 30.3 Å². The average molecular weight is 322 g/mol. The van der Waals surface area contributed by atoms with E-state index in [0.29, 0.717) is 12.1 Å². The van der Waals surface area contributed by atoms with Gasteiger partial charge in [-0.3, -0.25) is 9.59 Å². The van der Waals surface area contributed by atoms with Gasteiger partial charge in [-0.2, -0.15) is 0 Å². The quantitative estimate of drug-likeness (QED) is 0.943. The van der Waals surface area contributed by atoms with Crippen LogP contribution in [0.2, 0.25) is 0 Å². The van der Waals surface area contributed by atoms with Crippen molar-refractivity contribution in [1.82, 2.24) is 5.32 Å². The Morgan fingerprint density at radius 1 is 1.17 bits per heavy atom. The standard InChI is InChI=1S/C20H22N2O2/c1-13-7-5-6-8-15(13)18(23)21-12-14-9-10-17-16(11-14)20(2,3)19(24)22(17)4/h5-11H,12H2,1-4H3,(H,21,23). The number of fused-ring (bicyclic) bond motifs is 1. The zero-order valence-corrected chi connectivity index (χ0v) is 14.5. The van der Waals surface area contributed by atoms with Gasteiger partial charge in [-0.05, 0) is 49.6 Å². The van der Waals surface area contributed by atoms with Crippen LogP contribution in [-0.4, -0.2) is 18.9 Å². The van der Waals surface area contributed by atoms with Crippen molar-refractivity contribution in [3.05, 3.63) is 64.7 Å². The van der Waals surface area contributed by atoms with Crippen molar-refractivity contribution in [1.29, 1.82) is 0 Å². The molecule has 4 nitrogen and oxygen atoms in total. The van der Waals surface area contributed by atoms with Crippen LogP contribution in [0.3, 0.4) is 0 Å². The third-order valence-corrected chi connectivity index (χ3v) is 4.78. The number of carbonyl (C=O) groups is 2. The molecule has 0 atom stereocenters. The fourth-order valence-corrected chi connectivity index (χ4v) is 3.24. The van der Waals surface area contributed by atoms with E-state index >= 15 is 0 Å². The summed E-state index contributed by atoms with van der Waals surface area (Å²) in [6.07, 6.45) is 0. The predicted octanol–water partition coefficient (Wildman–Crippen LogP) is 3.18. The van der Waals surface area contributed by atoms with Gasteiger partial charge in [0.05, 0.1) is 5.41 Å². The highest BCUT2D eigenvalue weighted by Crippen LogP contribution is 2.40. The molecule has 4 heteroatoms. The molecule has 1 N–H and O–H groups in total. The largest absolute Gasteiger partial charge is 0.348 e. The summed E-state index contributed by atoms with van der Waals surface area (Å²) in [5, 5.41) is 2.96. The molecular formula is C20H22N2O2. The molecule has 124 valence electrons. The maximum absolute atomic E-state index is 12.3. The normalized spacial score (nSPS) is 15.3. The number of nitrogens with zero attached hydrogens (tertiary/aromatic N) is 1. The lowest BCUT2D eigenvalue weighted by molar-refractivity contribution is -0.121. The maximum Gasteiger partial charge on any atom is 0.251 e. The van der Waals surface area contributed by atoms with Crippen LogP contribution in [0.5, 0.6) is 0 Å². The number of rotatable bonds is 3. The second-order valence-electron chi connectivity index (χ2n) is 6.84. The molecular weight excluding hydrogens is 300 g/mol. The van der Waals surface area contributed by atoms with Crippen LogP contribution in [0, 0.1) is 6.92 Å². The van der Waals surface area contributed by atoms with E-state index in [1.165, 1.54) is 0 Å². The van der Waals surface area contributed by atoms with E-state index < -0.39 is 5.41 Å². The second-order valence-corrected chi connectivity index (χ2v) is 6.84. The summed E-state index contributed by atoms with van der Waals surface area (Å²) in [7, 11) is 1.80. The van der Waals surface area contributed by atoms with Crippen molar-refractivity contribution in [2.75, 3.05) is 11.9 Å². The molecule has 0 saturated heterocycles. The lowest BCUT2D eigenvalue weighted by Gasteiger charge is -2.17. The lowest BCUT2D eigenvalue weighted by atomic mass is 9.85. The Labute approximate surface area is 142 Å². The van der Waals surface area contributed by atoms with Gasteiger partial charge in [0.2, 0.25) is 5.91 Å². The zero-order valence-electron chi connectivity index (χ0n) is 14.5. The number of anilines is 1. The minimum absolute atomic E-state index is 0.0824. The van der Waals surface area contributed by atoms with Crippen LogP contribution < -0.4 is 10.2 Å². The minimum atomic E-state index is -0.528. The molecule has 0 spiro atoms. The Hall–Kier alpha value is -2.62. The highest BCUT2D eigenvalue weighted by atomic mass is 16.2. The molecule has 2 aromatic rings. The smallest absolute Gasteiger partial charge is 0.251 e. The average Bonchev–Trinajstić information content (AvgIpc) is 2.74. The first-order chi connectivity index (χ1) is 11.3. The van der Waals surface area contributed by atoms with Crippen molar-refractivity contribution in [3.63, 3.8) is 0 Å². The lowest BCUT2D eigenvalue weighted by Crippen LogP contribution is -2.33. The molecule has 1 aliphatic rings. The molecule has 0 aliphatic carbocycles. The monoisotopic (exact) mass is 322 g/mol. The summed E-state index contributed by atoms with van der Waals surface area (Å²) in [5.41, 5.74) is 4.06. The first-order valence-corrected chi connectivity index (χ1v) is 8.08. The Morgan fingerprint density at radius 3 is 2.58 bits per heavy atom. The molecule has 0 fully saturated rings. The van der Waals surface area contributed by atoms with E-state index in [1.807, 2.05) is 63.2 Å². The Bertz CT molecular complexity index is 824. The Morgan fingerprint density at radius 2 is 1.88 bits per heavy atom. The van der Waals surface area contributed by atoms with Crippen molar-refractivity contribution in [2.45, 2.75) is 32.7 Å². The van der Waals surface area contributed by atoms with Crippen molar-refractivity contribution < 1.29 is 9.59 Å². The van der Waals surface area contributed by atoms with Gasteiger partial charge in [0.15, 0.2) is 0 Å². The number of hydrogen-bond acceptors (Lipinski definition) is 2. The summed E-state index contributed by atoms with van der Waals surface area (Å²) in [6, 6.07) is 13.5. The van der Waals surface area contributed by atoms with Gasteiger partial charge in [-0.25, -0.2) is 0 Å². The van der Waals surface area contributed by atoms with Gasteiger partial charge in [0.25, 0.3) is 5.91 Å². The van der Waals surface area contributed by atoms with Crippen molar-refractivity contribution in [3.8, 4) is 0 Å². The molecule has 3 rings (SSSR count). The van der Waals surface area contributed by atoms with Crippen LogP contribution >= 0.6 is 0 Å². The van der Waals surface area contributed by atoms with E-state index in [9.17, 15) is 9.59 Å². The molecule has 24 heavy (non-hydrogen) atoms. The van der Waals surface area contributed by atoms with E-state index in [2.05, 4.69) is 5.32 Å². The van der Waals surface area contributed by atoms with E-state index in [4.69, 9.17) is 0 Å². The summed E-state index contributed by atoms with van der Waals surface area (Å²) < 4.78 is 0. The molecule has 2 amide bonds. The fourth-order valence-electron chi connectivity index (χ4n) is 3.24. The molecule has 0 bridgehead atoms. The maximum atomic E-state index is 12.3. The fraction of sp³-hybridized carbons (Fsp3) is 0.300. The number of benzene rings is 2. The molecule has 1 heterocycles. The number of amides is 2. The second kappa shape index (κ2) is 5.78. The van der Waals surface area contributed by atoms with Gasteiger partial charge in [0.1, 0.15) is 0 Å². The number of likely N-dealkylation sites (N-methyl/N-ethyl adjacent to an activating group) is 1. The Balaban J connectivity index is 1.79. The highest BCUT2D eigenvalue weighted by molar-refractivity contribution is 6.07. The number of nitrogens with one attached hydrogen (secondary N) is 1. The summed E-state index contributed by atoms with van der Waals surface area (Å²) in [4.78, 5) is 26.4. The first-order valence-electron chi connectivity index (χ1n) is 8.08. The van der Waals surface area contributed by atoms with Gasteiger partial charge in [0, 0.05) is 24.8 Å². The topological polar surface area (TPSA) is 49.4 Å². The molecule has 0 unspecified atom stereocenters. The Kier molecular flexibility index (Phi) is 3.91. The highest BCUT2D eigenvalue weighted by Gasteiger charge is 2.42. The van der Waals surface area contributed by atoms with Crippen molar-refractivity contribution in [2.24, 2.45) is 0 Å². The molecule has 0 radical (unpaired) electrons. The number of hydrogen-bond donors (Lipinski definition) is 1. The summed E-state index contributed by atoms with van der Waals surface area (Å²) in [6.45, 7) is 6.24. The number of carbonyl (C=O) groups excluding carboxylic acids is 2. The van der Waals surface area contributed by atoms with Crippen molar-refractivity contribution >= 4 is 17.5 Å². The first kappa shape index (κ1) is 16.2. The molecule has 1 aliphatic heterocycles. The van der Waals surface area contributed by atoms with E-state index in [1.54, 1.807) is 11.9 Å². The molecule has 2 aromatic carbocycles. The summed E-state index contributed by atoms with van der Waals surface area (Å²) >= 11 is 0. The van der Waals surface area contributed by atoms with Crippen LogP contribution in [0.1, 0.15) is 40.9 Å². The zero-order chi connectivity index (χ0) is 17.5. The third kappa shape index (κ3) is 2.58. The minimum Gasteiger partial charge on any atom is -0.348 e. The van der Waals surface area contributed by atoms with E-state index in [-0.39, 0.29) is 11.8 Å². The summed E-state index contributed by atoms with van der Waals surface area (Å²) in [5.74, 6) is 0.0136. The van der Waals surface area contributed by atoms with Crippen LogP contribution in [0.4, 0.5) is 5.69 Å². The van der Waals surface area contributed by atoms with E-state index in [0.717, 1.165) is 22.4 Å². The number of aryl methyl sites for hydroxylation is 1. The van der Waals surface area contributed by atoms with Crippen LogP contribution in [0.25, 0.3) is 0 Å². The van der Waals surface area contributed by atoms with Gasteiger partial charge in [-0.15, -0.1) is 0 Å². The van der Waals surface area contributed by atoms with Crippen LogP contribution in [-0.2, 0) is 16.8 Å². The molecule has 0 saturated carbocycles.